The largest absolute Gasteiger partial charge is 0.396 e. The Bertz CT molecular complexity index is 233. The van der Waals surface area contributed by atoms with Crippen molar-refractivity contribution >= 4 is 0 Å². The van der Waals surface area contributed by atoms with Crippen molar-refractivity contribution < 1.29 is 5.11 Å². The van der Waals surface area contributed by atoms with Crippen LogP contribution in [0.1, 0.15) is 13.3 Å². The Morgan fingerprint density at radius 2 is 2.36 bits per heavy atom. The van der Waals surface area contributed by atoms with Gasteiger partial charge in [-0.2, -0.15) is 0 Å². The molecule has 0 saturated heterocycles. The highest BCUT2D eigenvalue weighted by molar-refractivity contribution is 5.32. The van der Waals surface area contributed by atoms with Gasteiger partial charge in [0.05, 0.1) is 0 Å². The Morgan fingerprint density at radius 1 is 1.55 bits per heavy atom. The minimum atomic E-state index is 0.412. The summed E-state index contributed by atoms with van der Waals surface area (Å²) < 4.78 is 0. The molecule has 0 amide bonds. The van der Waals surface area contributed by atoms with E-state index in [9.17, 15) is 0 Å². The van der Waals surface area contributed by atoms with Crippen LogP contribution < -0.4 is 0 Å². The molecule has 3 aliphatic rings. The van der Waals surface area contributed by atoms with E-state index in [2.05, 4.69) is 19.1 Å². The number of hydrogen-bond acceptors (Lipinski definition) is 1. The van der Waals surface area contributed by atoms with Gasteiger partial charge in [0.15, 0.2) is 0 Å². The molecule has 2 saturated carbocycles. The molecule has 0 unspecified atom stereocenters. The monoisotopic (exact) mass is 150 g/mol. The van der Waals surface area contributed by atoms with Gasteiger partial charge >= 0.3 is 0 Å². The third-order valence-corrected chi connectivity index (χ3v) is 4.36. The predicted molar refractivity (Wildman–Crippen MR) is 42.9 cm³/mol. The van der Waals surface area contributed by atoms with Crippen LogP contribution in [-0.4, -0.2) is 11.7 Å². The molecule has 0 heterocycles. The van der Waals surface area contributed by atoms with Crippen LogP contribution in [0.3, 0.4) is 0 Å². The van der Waals surface area contributed by atoms with Crippen molar-refractivity contribution in [2.45, 2.75) is 13.3 Å². The molecule has 0 aromatic heterocycles. The highest BCUT2D eigenvalue weighted by atomic mass is 16.3. The fourth-order valence-electron chi connectivity index (χ4n) is 3.68. The Kier molecular flexibility index (Phi) is 0.885. The maximum Gasteiger partial charge on any atom is 0.0462 e. The molecule has 2 fully saturated rings. The Morgan fingerprint density at radius 3 is 2.91 bits per heavy atom. The van der Waals surface area contributed by atoms with Gasteiger partial charge in [-0.1, -0.05) is 19.1 Å². The molecule has 1 N–H and O–H groups in total. The molecule has 11 heavy (non-hydrogen) atoms. The van der Waals surface area contributed by atoms with Crippen LogP contribution in [0.4, 0.5) is 0 Å². The zero-order valence-electron chi connectivity index (χ0n) is 6.83. The number of aliphatic hydroxyl groups is 1. The molecule has 5 atom stereocenters. The first-order chi connectivity index (χ1) is 5.28. The van der Waals surface area contributed by atoms with Crippen LogP contribution >= 0.6 is 0 Å². The Hall–Kier alpha value is -0.300. The van der Waals surface area contributed by atoms with Crippen molar-refractivity contribution in [2.75, 3.05) is 6.61 Å². The third kappa shape index (κ3) is 0.478. The summed E-state index contributed by atoms with van der Waals surface area (Å²) in [6.07, 6.45) is 5.99. The van der Waals surface area contributed by atoms with E-state index in [-0.39, 0.29) is 0 Å². The average Bonchev–Trinajstić information content (AvgIpc) is 2.43. The van der Waals surface area contributed by atoms with Crippen LogP contribution in [0, 0.1) is 29.1 Å². The van der Waals surface area contributed by atoms with Crippen LogP contribution in [0.15, 0.2) is 12.2 Å². The summed E-state index contributed by atoms with van der Waals surface area (Å²) in [7, 11) is 0. The van der Waals surface area contributed by atoms with Gasteiger partial charge in [0, 0.05) is 6.61 Å². The molecule has 3 aliphatic carbocycles. The molecular formula is C10H14O. The van der Waals surface area contributed by atoms with Crippen molar-refractivity contribution in [1.29, 1.82) is 0 Å². The summed E-state index contributed by atoms with van der Waals surface area (Å²) in [5.41, 5.74) is 0.591. The fourth-order valence-corrected chi connectivity index (χ4v) is 3.68. The first-order valence-electron chi connectivity index (χ1n) is 4.57. The lowest BCUT2D eigenvalue weighted by atomic mass is 9.93. The van der Waals surface area contributed by atoms with Gasteiger partial charge in [-0.15, -0.1) is 0 Å². The summed E-state index contributed by atoms with van der Waals surface area (Å²) in [4.78, 5) is 0. The van der Waals surface area contributed by atoms with Gasteiger partial charge in [0.2, 0.25) is 0 Å². The second-order valence-corrected chi connectivity index (χ2v) is 4.59. The first kappa shape index (κ1) is 6.24. The van der Waals surface area contributed by atoms with E-state index in [1.807, 2.05) is 0 Å². The smallest absolute Gasteiger partial charge is 0.0462 e. The van der Waals surface area contributed by atoms with E-state index < -0.39 is 0 Å². The average molecular weight is 150 g/mol. The summed E-state index contributed by atoms with van der Waals surface area (Å²) in [6.45, 7) is 2.80. The maximum absolute atomic E-state index is 9.11. The summed E-state index contributed by atoms with van der Waals surface area (Å²) in [5.74, 6) is 3.08. The predicted octanol–water partition coefficient (Wildman–Crippen LogP) is 1.44. The van der Waals surface area contributed by atoms with Crippen molar-refractivity contribution in [3.63, 3.8) is 0 Å². The van der Waals surface area contributed by atoms with Crippen molar-refractivity contribution in [3.05, 3.63) is 12.2 Å². The van der Waals surface area contributed by atoms with E-state index >= 15 is 0 Å². The highest BCUT2D eigenvalue weighted by Gasteiger charge is 2.71. The maximum atomic E-state index is 9.11. The quantitative estimate of drug-likeness (QED) is 0.561. The van der Waals surface area contributed by atoms with Gasteiger partial charge in [-0.05, 0) is 35.5 Å². The van der Waals surface area contributed by atoms with E-state index in [0.29, 0.717) is 17.9 Å². The van der Waals surface area contributed by atoms with E-state index in [1.165, 1.54) is 6.42 Å². The van der Waals surface area contributed by atoms with Gasteiger partial charge in [0.25, 0.3) is 0 Å². The van der Waals surface area contributed by atoms with Crippen LogP contribution in [-0.2, 0) is 0 Å². The van der Waals surface area contributed by atoms with Crippen molar-refractivity contribution in [1.82, 2.24) is 0 Å². The standard InChI is InChI=1S/C10H14O/c1-10-7-2-3-8(10)9(10)6(4-7)5-11/h2-3,6-9,11H,4-5H2,1H3/t6-,7-,8+,9-,10+/m0/s1. The van der Waals surface area contributed by atoms with Crippen LogP contribution in [0.25, 0.3) is 0 Å². The molecule has 1 heteroatoms. The van der Waals surface area contributed by atoms with Gasteiger partial charge in [-0.25, -0.2) is 0 Å². The number of allylic oxidation sites excluding steroid dienone is 2. The molecular weight excluding hydrogens is 136 g/mol. The highest BCUT2D eigenvalue weighted by Crippen LogP contribution is 2.76. The van der Waals surface area contributed by atoms with Crippen molar-refractivity contribution in [3.8, 4) is 0 Å². The topological polar surface area (TPSA) is 20.2 Å². The third-order valence-electron chi connectivity index (χ3n) is 4.36. The minimum absolute atomic E-state index is 0.412. The van der Waals surface area contributed by atoms with Crippen LogP contribution in [0.2, 0.25) is 0 Å². The first-order valence-corrected chi connectivity index (χ1v) is 4.57. The number of fused-ring (bicyclic) bond motifs is 1. The minimum Gasteiger partial charge on any atom is -0.396 e. The normalized spacial score (nSPS) is 63.5. The molecule has 0 spiro atoms. The number of rotatable bonds is 1. The molecule has 1 nitrogen and oxygen atoms in total. The van der Waals surface area contributed by atoms with Crippen LogP contribution in [0.5, 0.6) is 0 Å². The molecule has 0 aliphatic heterocycles. The summed E-state index contributed by atoms with van der Waals surface area (Å²) in [6, 6.07) is 0. The van der Waals surface area contributed by atoms with Gasteiger partial charge < -0.3 is 5.11 Å². The SMILES string of the molecule is C[C@@]12[C@H]3[C@H](CO)C[C@@H]1C=C[C@H]32. The zero-order valence-corrected chi connectivity index (χ0v) is 6.83. The summed E-state index contributed by atoms with van der Waals surface area (Å²) >= 11 is 0. The molecule has 0 aromatic carbocycles. The number of hydrogen-bond donors (Lipinski definition) is 1. The molecule has 0 radical (unpaired) electrons. The Balaban J connectivity index is 1.97. The van der Waals surface area contributed by atoms with Crippen molar-refractivity contribution in [2.24, 2.45) is 29.1 Å². The summed E-state index contributed by atoms with van der Waals surface area (Å²) in [5, 5.41) is 9.11. The number of aliphatic hydroxyl groups excluding tert-OH is 1. The zero-order chi connectivity index (χ0) is 7.64. The molecule has 0 bridgehead atoms. The lowest BCUT2D eigenvalue weighted by Gasteiger charge is -2.11. The lowest BCUT2D eigenvalue weighted by molar-refractivity contribution is 0.208. The second-order valence-electron chi connectivity index (χ2n) is 4.59. The van der Waals surface area contributed by atoms with E-state index in [4.69, 9.17) is 5.11 Å². The van der Waals surface area contributed by atoms with E-state index in [1.54, 1.807) is 0 Å². The van der Waals surface area contributed by atoms with Gasteiger partial charge in [0.1, 0.15) is 0 Å². The molecule has 0 aromatic rings. The Labute approximate surface area is 67.1 Å². The second kappa shape index (κ2) is 1.56. The molecule has 3 rings (SSSR count). The molecule has 60 valence electrons. The lowest BCUT2D eigenvalue weighted by Crippen LogP contribution is -2.07. The van der Waals surface area contributed by atoms with E-state index in [0.717, 1.165) is 17.8 Å². The van der Waals surface area contributed by atoms with Gasteiger partial charge in [-0.3, -0.25) is 0 Å². The fraction of sp³-hybridized carbons (Fsp3) is 0.800.